The van der Waals surface area contributed by atoms with Crippen molar-refractivity contribution >= 4 is 21.6 Å². The van der Waals surface area contributed by atoms with Gasteiger partial charge in [0.05, 0.1) is 6.26 Å². The molecule has 0 saturated heterocycles. The van der Waals surface area contributed by atoms with Gasteiger partial charge in [-0.05, 0) is 52.9 Å². The second kappa shape index (κ2) is 9.19. The number of hydrogen-bond donors (Lipinski definition) is 0. The van der Waals surface area contributed by atoms with Gasteiger partial charge in [0.15, 0.2) is 0 Å². The molecule has 0 aliphatic carbocycles. The molecule has 0 spiro atoms. The molecule has 2 heterocycles. The van der Waals surface area contributed by atoms with E-state index in [0.29, 0.717) is 16.0 Å². The number of amides is 1. The Morgan fingerprint density at radius 2 is 1.71 bits per heavy atom. The average molecular weight is 490 g/mol. The monoisotopic (exact) mass is 489 g/mol. The zero-order chi connectivity index (χ0) is 24.5. The minimum Gasteiger partial charge on any atom is -0.303 e. The highest BCUT2D eigenvalue weighted by Crippen LogP contribution is 2.35. The molecule has 1 amide bonds. The van der Waals surface area contributed by atoms with Crippen molar-refractivity contribution in [3.63, 3.8) is 0 Å². The van der Waals surface area contributed by atoms with E-state index in [1.165, 1.54) is 10.4 Å². The Bertz CT molecular complexity index is 1280. The molecule has 0 saturated carbocycles. The van der Waals surface area contributed by atoms with E-state index in [0.717, 1.165) is 17.4 Å². The summed E-state index contributed by atoms with van der Waals surface area (Å²) in [6, 6.07) is 16.2. The topological polar surface area (TPSA) is 70.6 Å². The molecule has 2 aromatic carbocycles. The normalized spacial score (nSPS) is 17.2. The molecule has 178 valence electrons. The van der Waals surface area contributed by atoms with Crippen molar-refractivity contribution in [2.45, 2.75) is 25.2 Å². The van der Waals surface area contributed by atoms with Crippen LogP contribution in [0.4, 0.5) is 18.9 Å². The number of sulfonamides is 1. The van der Waals surface area contributed by atoms with Crippen molar-refractivity contribution in [3.05, 3.63) is 84.2 Å². The molecular formula is C24H22F3N3O3S. The van der Waals surface area contributed by atoms with Crippen LogP contribution in [0.3, 0.4) is 0 Å². The summed E-state index contributed by atoms with van der Waals surface area (Å²) in [5.74, 6) is -2.03. The molecule has 0 bridgehead atoms. The highest BCUT2D eigenvalue weighted by atomic mass is 32.2. The Labute approximate surface area is 195 Å². The summed E-state index contributed by atoms with van der Waals surface area (Å²) in [6.07, 6.45) is -0.768. The molecule has 10 heteroatoms. The Morgan fingerprint density at radius 1 is 1.03 bits per heavy atom. The summed E-state index contributed by atoms with van der Waals surface area (Å²) in [6.45, 7) is -0.589. The van der Waals surface area contributed by atoms with Crippen LogP contribution >= 0.6 is 0 Å². The van der Waals surface area contributed by atoms with Crippen LogP contribution in [0.5, 0.6) is 0 Å². The van der Waals surface area contributed by atoms with Gasteiger partial charge in [0.1, 0.15) is 0 Å². The molecule has 6 nitrogen and oxygen atoms in total. The van der Waals surface area contributed by atoms with Gasteiger partial charge in [-0.3, -0.25) is 9.78 Å². The third-order valence-corrected chi connectivity index (χ3v) is 7.02. The van der Waals surface area contributed by atoms with E-state index in [4.69, 9.17) is 0 Å². The van der Waals surface area contributed by atoms with Crippen LogP contribution in [0.25, 0.3) is 11.1 Å². The van der Waals surface area contributed by atoms with Gasteiger partial charge in [-0.2, -0.15) is 17.5 Å². The number of halogens is 3. The van der Waals surface area contributed by atoms with Gasteiger partial charge >= 0.3 is 12.1 Å². The maximum atomic E-state index is 13.6. The zero-order valence-corrected chi connectivity index (χ0v) is 19.1. The number of alkyl halides is 3. The van der Waals surface area contributed by atoms with Crippen molar-refractivity contribution in [1.29, 1.82) is 0 Å². The lowest BCUT2D eigenvalue weighted by molar-refractivity contribution is -0.170. The fourth-order valence-corrected chi connectivity index (χ4v) is 5.24. The van der Waals surface area contributed by atoms with Crippen molar-refractivity contribution in [3.8, 4) is 11.1 Å². The third-order valence-electron chi connectivity index (χ3n) is 5.74. The van der Waals surface area contributed by atoms with E-state index in [1.807, 2.05) is 0 Å². The van der Waals surface area contributed by atoms with Crippen molar-refractivity contribution in [2.75, 3.05) is 17.7 Å². The number of fused-ring (bicyclic) bond motifs is 1. The van der Waals surface area contributed by atoms with Crippen LogP contribution in [-0.2, 0) is 27.8 Å². The number of carbonyl (C=O) groups is 1. The van der Waals surface area contributed by atoms with E-state index in [2.05, 4.69) is 4.98 Å². The molecular weight excluding hydrogens is 467 g/mol. The van der Waals surface area contributed by atoms with Crippen LogP contribution < -0.4 is 4.90 Å². The predicted octanol–water partition coefficient (Wildman–Crippen LogP) is 4.03. The van der Waals surface area contributed by atoms with Gasteiger partial charge in [0, 0.05) is 37.2 Å². The Kier molecular flexibility index (Phi) is 6.46. The smallest absolute Gasteiger partial charge is 0.303 e. The number of rotatable bonds is 4. The maximum absolute atomic E-state index is 13.6. The van der Waals surface area contributed by atoms with Crippen LogP contribution in [0.1, 0.15) is 11.1 Å². The summed E-state index contributed by atoms with van der Waals surface area (Å²) in [4.78, 5) is 17.1. The highest BCUT2D eigenvalue weighted by molar-refractivity contribution is 7.88. The molecule has 0 fully saturated rings. The van der Waals surface area contributed by atoms with Crippen molar-refractivity contribution in [2.24, 2.45) is 0 Å². The molecule has 1 aliphatic rings. The molecule has 1 atom stereocenters. The summed E-state index contributed by atoms with van der Waals surface area (Å²) in [5, 5.41) is 0. The Morgan fingerprint density at radius 3 is 2.32 bits per heavy atom. The molecule has 1 unspecified atom stereocenters. The lowest BCUT2D eigenvalue weighted by atomic mass is 10.0. The fourth-order valence-electron chi connectivity index (χ4n) is 4.18. The van der Waals surface area contributed by atoms with Gasteiger partial charge in [0.2, 0.25) is 10.0 Å². The average Bonchev–Trinajstić information content (AvgIpc) is 2.96. The molecule has 34 heavy (non-hydrogen) atoms. The first-order valence-corrected chi connectivity index (χ1v) is 12.3. The summed E-state index contributed by atoms with van der Waals surface area (Å²) in [5.41, 5.74) is 2.55. The number of nitrogens with zero attached hydrogens (tertiary/aromatic N) is 3. The van der Waals surface area contributed by atoms with Gasteiger partial charge in [-0.15, -0.1) is 0 Å². The second-order valence-electron chi connectivity index (χ2n) is 8.14. The first-order chi connectivity index (χ1) is 16.0. The van der Waals surface area contributed by atoms with Gasteiger partial charge in [-0.1, -0.05) is 36.4 Å². The first-order valence-electron chi connectivity index (χ1n) is 10.5. The number of anilines is 1. The van der Waals surface area contributed by atoms with E-state index < -0.39 is 34.7 Å². The SMILES string of the molecule is CS(=O)(=O)N1Cc2cc(-c3ccncc3)ccc2N(C(=O)C(F)(F)F)CC1Cc1ccccc1. The lowest BCUT2D eigenvalue weighted by Gasteiger charge is -2.30. The maximum Gasteiger partial charge on any atom is 0.471 e. The second-order valence-corrected chi connectivity index (χ2v) is 10.1. The van der Waals surface area contributed by atoms with Crippen LogP contribution in [0.2, 0.25) is 0 Å². The minimum absolute atomic E-state index is 0.0457. The standard InChI is InChI=1S/C24H22F3N3O3S/c1-34(32,33)30-15-20-14-19(18-9-11-28-12-10-18)7-8-22(20)29(23(31)24(25,26)27)16-21(30)13-17-5-3-2-4-6-17/h2-12,14,21H,13,15-16H2,1H3. The molecule has 0 radical (unpaired) electrons. The number of benzene rings is 2. The fraction of sp³-hybridized carbons (Fsp3) is 0.250. The van der Waals surface area contributed by atoms with Crippen molar-refractivity contribution < 1.29 is 26.4 Å². The molecule has 1 aliphatic heterocycles. The number of carbonyl (C=O) groups excluding carboxylic acids is 1. The van der Waals surface area contributed by atoms with E-state index in [-0.39, 0.29) is 18.7 Å². The molecule has 4 rings (SSSR count). The van der Waals surface area contributed by atoms with Crippen molar-refractivity contribution in [1.82, 2.24) is 9.29 Å². The number of pyridine rings is 1. The lowest BCUT2D eigenvalue weighted by Crippen LogP contribution is -2.49. The van der Waals surface area contributed by atoms with E-state index in [1.54, 1.807) is 67.0 Å². The summed E-state index contributed by atoms with van der Waals surface area (Å²) in [7, 11) is -3.82. The van der Waals surface area contributed by atoms with E-state index in [9.17, 15) is 26.4 Å². The number of aromatic nitrogens is 1. The molecule has 1 aromatic heterocycles. The van der Waals surface area contributed by atoms with Crippen LogP contribution in [-0.4, -0.2) is 48.6 Å². The largest absolute Gasteiger partial charge is 0.471 e. The minimum atomic E-state index is -5.11. The third kappa shape index (κ3) is 5.13. The summed E-state index contributed by atoms with van der Waals surface area (Å²) >= 11 is 0. The Hall–Kier alpha value is -3.24. The van der Waals surface area contributed by atoms with Crippen LogP contribution in [0.15, 0.2) is 73.1 Å². The highest BCUT2D eigenvalue weighted by Gasteiger charge is 2.46. The van der Waals surface area contributed by atoms with Gasteiger partial charge < -0.3 is 4.90 Å². The molecule has 3 aromatic rings. The van der Waals surface area contributed by atoms with Gasteiger partial charge in [0.25, 0.3) is 0 Å². The van der Waals surface area contributed by atoms with E-state index >= 15 is 0 Å². The molecule has 0 N–H and O–H groups in total. The van der Waals surface area contributed by atoms with Crippen LogP contribution in [0, 0.1) is 0 Å². The predicted molar refractivity (Wildman–Crippen MR) is 122 cm³/mol. The quantitative estimate of drug-likeness (QED) is 0.555. The van der Waals surface area contributed by atoms with Gasteiger partial charge in [-0.25, -0.2) is 8.42 Å². The summed E-state index contributed by atoms with van der Waals surface area (Å²) < 4.78 is 67.4. The first kappa shape index (κ1) is 23.9. The Balaban J connectivity index is 1.84. The number of hydrogen-bond acceptors (Lipinski definition) is 4. The zero-order valence-electron chi connectivity index (χ0n) is 18.2.